The van der Waals surface area contributed by atoms with Gasteiger partial charge in [-0.05, 0) is 36.8 Å². The summed E-state index contributed by atoms with van der Waals surface area (Å²) in [5.41, 5.74) is 3.65. The Kier molecular flexibility index (Phi) is 2.61. The molecular weight excluding hydrogens is 224 g/mol. The van der Waals surface area contributed by atoms with Gasteiger partial charge in [-0.2, -0.15) is 0 Å². The van der Waals surface area contributed by atoms with Gasteiger partial charge in [-0.1, -0.05) is 12.1 Å². The first-order valence-electron chi connectivity index (χ1n) is 5.73. The standard InChI is InChI=1S/C14H12N4/c1-10-4-2-5-11(8-10)17-13-9-16-12-6-3-7-15-14(12)18-13/h2-9H,1H3,(H,15,17,18). The molecule has 0 radical (unpaired) electrons. The highest BCUT2D eigenvalue weighted by molar-refractivity contribution is 5.71. The summed E-state index contributed by atoms with van der Waals surface area (Å²) in [6, 6.07) is 11.9. The van der Waals surface area contributed by atoms with E-state index in [1.807, 2.05) is 24.3 Å². The predicted octanol–water partition coefficient (Wildman–Crippen LogP) is 3.08. The Morgan fingerprint density at radius 3 is 2.89 bits per heavy atom. The summed E-state index contributed by atoms with van der Waals surface area (Å²) in [6.45, 7) is 2.05. The van der Waals surface area contributed by atoms with E-state index in [0.29, 0.717) is 11.5 Å². The highest BCUT2D eigenvalue weighted by atomic mass is 15.0. The van der Waals surface area contributed by atoms with E-state index in [1.165, 1.54) is 5.56 Å². The highest BCUT2D eigenvalue weighted by Gasteiger charge is 2.00. The van der Waals surface area contributed by atoms with Gasteiger partial charge in [0.25, 0.3) is 0 Å². The maximum atomic E-state index is 4.42. The molecule has 0 atom stereocenters. The molecule has 0 saturated carbocycles. The third-order valence-electron chi connectivity index (χ3n) is 2.61. The summed E-state index contributed by atoms with van der Waals surface area (Å²) >= 11 is 0. The average molecular weight is 236 g/mol. The largest absolute Gasteiger partial charge is 0.339 e. The monoisotopic (exact) mass is 236 g/mol. The molecule has 18 heavy (non-hydrogen) atoms. The molecule has 1 aromatic carbocycles. The molecular formula is C14H12N4. The van der Waals surface area contributed by atoms with Crippen LogP contribution in [-0.2, 0) is 0 Å². The topological polar surface area (TPSA) is 50.7 Å². The second-order valence-corrected chi connectivity index (χ2v) is 4.10. The number of benzene rings is 1. The summed E-state index contributed by atoms with van der Waals surface area (Å²) in [7, 11) is 0. The van der Waals surface area contributed by atoms with Crippen molar-refractivity contribution in [2.45, 2.75) is 6.92 Å². The molecule has 0 aliphatic rings. The van der Waals surface area contributed by atoms with Gasteiger partial charge in [-0.25, -0.2) is 15.0 Å². The molecule has 4 heteroatoms. The molecule has 1 N–H and O–H groups in total. The zero-order chi connectivity index (χ0) is 12.4. The SMILES string of the molecule is Cc1cccc(Nc2cnc3cccnc3n2)c1. The molecule has 3 aromatic rings. The summed E-state index contributed by atoms with van der Waals surface area (Å²) in [6.07, 6.45) is 3.43. The Balaban J connectivity index is 1.95. The first-order chi connectivity index (χ1) is 8.81. The van der Waals surface area contributed by atoms with E-state index in [9.17, 15) is 0 Å². The van der Waals surface area contributed by atoms with Gasteiger partial charge in [0.05, 0.1) is 6.20 Å². The fourth-order valence-corrected chi connectivity index (χ4v) is 1.78. The van der Waals surface area contributed by atoms with Crippen LogP contribution in [0, 0.1) is 6.92 Å². The van der Waals surface area contributed by atoms with Crippen molar-refractivity contribution in [3.05, 3.63) is 54.4 Å². The van der Waals surface area contributed by atoms with Crippen LogP contribution in [0.2, 0.25) is 0 Å². The lowest BCUT2D eigenvalue weighted by Gasteiger charge is -2.06. The van der Waals surface area contributed by atoms with E-state index < -0.39 is 0 Å². The van der Waals surface area contributed by atoms with Crippen molar-refractivity contribution in [2.75, 3.05) is 5.32 Å². The van der Waals surface area contributed by atoms with Crippen LogP contribution in [0.1, 0.15) is 5.56 Å². The second-order valence-electron chi connectivity index (χ2n) is 4.10. The van der Waals surface area contributed by atoms with Crippen LogP contribution < -0.4 is 5.32 Å². The third kappa shape index (κ3) is 2.13. The van der Waals surface area contributed by atoms with E-state index in [4.69, 9.17) is 0 Å². The molecule has 0 amide bonds. The fraction of sp³-hybridized carbons (Fsp3) is 0.0714. The van der Waals surface area contributed by atoms with Crippen LogP contribution in [0.15, 0.2) is 48.8 Å². The number of hydrogen-bond acceptors (Lipinski definition) is 4. The number of nitrogens with zero attached hydrogens (tertiary/aromatic N) is 3. The zero-order valence-corrected chi connectivity index (χ0v) is 9.96. The van der Waals surface area contributed by atoms with Crippen molar-refractivity contribution in [3.63, 3.8) is 0 Å². The van der Waals surface area contributed by atoms with Crippen molar-refractivity contribution >= 4 is 22.7 Å². The van der Waals surface area contributed by atoms with E-state index >= 15 is 0 Å². The Morgan fingerprint density at radius 1 is 1.06 bits per heavy atom. The quantitative estimate of drug-likeness (QED) is 0.742. The molecule has 0 aliphatic heterocycles. The van der Waals surface area contributed by atoms with Gasteiger partial charge >= 0.3 is 0 Å². The van der Waals surface area contributed by atoms with Gasteiger partial charge in [0, 0.05) is 11.9 Å². The zero-order valence-electron chi connectivity index (χ0n) is 9.96. The Labute approximate surface area is 105 Å². The number of nitrogens with one attached hydrogen (secondary N) is 1. The maximum absolute atomic E-state index is 4.42. The van der Waals surface area contributed by atoms with Crippen molar-refractivity contribution in [2.24, 2.45) is 0 Å². The fourth-order valence-electron chi connectivity index (χ4n) is 1.78. The molecule has 0 aliphatic carbocycles. The van der Waals surface area contributed by atoms with Crippen molar-refractivity contribution in [3.8, 4) is 0 Å². The molecule has 2 heterocycles. The van der Waals surface area contributed by atoms with E-state index in [-0.39, 0.29) is 0 Å². The first-order valence-corrected chi connectivity index (χ1v) is 5.73. The molecule has 3 rings (SSSR count). The Morgan fingerprint density at radius 2 is 2.00 bits per heavy atom. The summed E-state index contributed by atoms with van der Waals surface area (Å²) in [5, 5.41) is 3.22. The summed E-state index contributed by atoms with van der Waals surface area (Å²) in [5.74, 6) is 0.701. The minimum atomic E-state index is 0.648. The van der Waals surface area contributed by atoms with Gasteiger partial charge in [-0.15, -0.1) is 0 Å². The third-order valence-corrected chi connectivity index (χ3v) is 2.61. The second kappa shape index (κ2) is 4.41. The van der Waals surface area contributed by atoms with Gasteiger partial charge in [0.15, 0.2) is 11.5 Å². The maximum Gasteiger partial charge on any atom is 0.180 e. The number of aryl methyl sites for hydroxylation is 1. The van der Waals surface area contributed by atoms with E-state index in [0.717, 1.165) is 11.2 Å². The molecule has 0 spiro atoms. The molecule has 88 valence electrons. The average Bonchev–Trinajstić information content (AvgIpc) is 2.39. The van der Waals surface area contributed by atoms with Crippen molar-refractivity contribution < 1.29 is 0 Å². The minimum Gasteiger partial charge on any atom is -0.339 e. The number of hydrogen-bond donors (Lipinski definition) is 1. The minimum absolute atomic E-state index is 0.648. The highest BCUT2D eigenvalue weighted by Crippen LogP contribution is 2.16. The normalized spacial score (nSPS) is 10.5. The van der Waals surface area contributed by atoms with Gasteiger partial charge in [0.1, 0.15) is 5.52 Å². The van der Waals surface area contributed by atoms with E-state index in [2.05, 4.69) is 39.3 Å². The number of rotatable bonds is 2. The van der Waals surface area contributed by atoms with E-state index in [1.54, 1.807) is 12.4 Å². The molecule has 0 fully saturated rings. The summed E-state index contributed by atoms with van der Waals surface area (Å²) < 4.78 is 0. The van der Waals surface area contributed by atoms with Crippen LogP contribution in [0.4, 0.5) is 11.5 Å². The van der Waals surface area contributed by atoms with Crippen LogP contribution in [-0.4, -0.2) is 15.0 Å². The first kappa shape index (κ1) is 10.7. The number of pyridine rings is 1. The van der Waals surface area contributed by atoms with Crippen LogP contribution >= 0.6 is 0 Å². The molecule has 4 nitrogen and oxygen atoms in total. The van der Waals surface area contributed by atoms with Crippen LogP contribution in [0.25, 0.3) is 11.2 Å². The van der Waals surface area contributed by atoms with Crippen LogP contribution in [0.5, 0.6) is 0 Å². The smallest absolute Gasteiger partial charge is 0.180 e. The molecule has 2 aromatic heterocycles. The van der Waals surface area contributed by atoms with Gasteiger partial charge < -0.3 is 5.32 Å². The predicted molar refractivity (Wildman–Crippen MR) is 71.8 cm³/mol. The molecule has 0 bridgehead atoms. The number of aromatic nitrogens is 3. The summed E-state index contributed by atoms with van der Waals surface area (Å²) in [4.78, 5) is 12.9. The number of fused-ring (bicyclic) bond motifs is 1. The Hall–Kier alpha value is -2.49. The Bertz CT molecular complexity index is 694. The van der Waals surface area contributed by atoms with Gasteiger partial charge in [0.2, 0.25) is 0 Å². The van der Waals surface area contributed by atoms with Crippen molar-refractivity contribution in [1.29, 1.82) is 0 Å². The van der Waals surface area contributed by atoms with Crippen molar-refractivity contribution in [1.82, 2.24) is 15.0 Å². The van der Waals surface area contributed by atoms with Gasteiger partial charge in [-0.3, -0.25) is 0 Å². The number of anilines is 2. The molecule has 0 unspecified atom stereocenters. The molecule has 0 saturated heterocycles. The lowest BCUT2D eigenvalue weighted by atomic mass is 10.2. The van der Waals surface area contributed by atoms with Crippen LogP contribution in [0.3, 0.4) is 0 Å². The lowest BCUT2D eigenvalue weighted by molar-refractivity contribution is 1.22. The lowest BCUT2D eigenvalue weighted by Crippen LogP contribution is -1.96.